The van der Waals surface area contributed by atoms with Gasteiger partial charge in [0.05, 0.1) is 0 Å². The van der Waals surface area contributed by atoms with Crippen molar-refractivity contribution in [1.82, 2.24) is 28.7 Å². The molecule has 8 heteroatoms. The van der Waals surface area contributed by atoms with Gasteiger partial charge in [-0.1, -0.05) is 0 Å². The second kappa shape index (κ2) is 8.82. The molecular formula is C26H20N6Se2. The second-order valence-electron chi connectivity index (χ2n) is 7.89. The number of aromatic nitrogens is 6. The van der Waals surface area contributed by atoms with Gasteiger partial charge in [-0.2, -0.15) is 0 Å². The molecule has 0 radical (unpaired) electrons. The van der Waals surface area contributed by atoms with Crippen molar-refractivity contribution in [2.75, 3.05) is 0 Å². The van der Waals surface area contributed by atoms with Gasteiger partial charge in [0, 0.05) is 0 Å². The molecule has 0 aliphatic carbocycles. The summed E-state index contributed by atoms with van der Waals surface area (Å²) in [6.45, 7) is 4.02. The zero-order chi connectivity index (χ0) is 23.1. The number of pyridine rings is 4. The zero-order valence-corrected chi connectivity index (χ0v) is 22.0. The molecule has 0 spiro atoms. The van der Waals surface area contributed by atoms with Crippen LogP contribution in [0.5, 0.6) is 0 Å². The fraction of sp³-hybridized carbons (Fsp3) is 0.0769. The summed E-state index contributed by atoms with van der Waals surface area (Å²) in [5.41, 5.74) is 6.07. The molecule has 0 saturated carbocycles. The van der Waals surface area contributed by atoms with E-state index in [0.29, 0.717) is 0 Å². The molecule has 0 aliphatic heterocycles. The normalized spacial score (nSPS) is 11.5. The summed E-state index contributed by atoms with van der Waals surface area (Å²) in [5, 5.41) is 0. The van der Waals surface area contributed by atoms with Crippen LogP contribution in [0.2, 0.25) is 0 Å². The van der Waals surface area contributed by atoms with Crippen molar-refractivity contribution in [1.29, 1.82) is 0 Å². The van der Waals surface area contributed by atoms with E-state index in [2.05, 4.69) is 45.5 Å². The van der Waals surface area contributed by atoms with E-state index in [1.165, 1.54) is 0 Å². The topological polar surface area (TPSA) is 60.4 Å². The summed E-state index contributed by atoms with van der Waals surface area (Å²) in [4.78, 5) is 19.6. The fourth-order valence-corrected chi connectivity index (χ4v) is 10.2. The Labute approximate surface area is 208 Å². The molecule has 166 valence electrons. The van der Waals surface area contributed by atoms with Crippen molar-refractivity contribution in [3.05, 3.63) is 96.6 Å². The quantitative estimate of drug-likeness (QED) is 0.297. The molecule has 0 fully saturated rings. The average molecular weight is 574 g/mol. The second-order valence-corrected chi connectivity index (χ2v) is 13.8. The Hall–Kier alpha value is -3.28. The molecule has 0 aliphatic rings. The van der Waals surface area contributed by atoms with Crippen molar-refractivity contribution in [2.24, 2.45) is 0 Å². The SMILES string of the molecule is Cc1cccc(-c2nc([Se][Se]c3nc(-c4cccc(C)n4)n4ccccc34)c3ccccn23)n1. The van der Waals surface area contributed by atoms with Gasteiger partial charge in [0.15, 0.2) is 0 Å². The van der Waals surface area contributed by atoms with Crippen LogP contribution in [0.15, 0.2) is 85.2 Å². The van der Waals surface area contributed by atoms with Gasteiger partial charge in [-0.25, -0.2) is 0 Å². The Morgan fingerprint density at radius 3 is 1.44 bits per heavy atom. The molecule has 0 atom stereocenters. The Morgan fingerprint density at radius 1 is 0.529 bits per heavy atom. The summed E-state index contributed by atoms with van der Waals surface area (Å²) in [5.74, 6) is 1.79. The van der Waals surface area contributed by atoms with Crippen LogP contribution in [-0.2, 0) is 0 Å². The van der Waals surface area contributed by atoms with Crippen LogP contribution < -0.4 is 9.18 Å². The van der Waals surface area contributed by atoms with Crippen LogP contribution in [0.3, 0.4) is 0 Å². The summed E-state index contributed by atoms with van der Waals surface area (Å²) < 4.78 is 6.59. The van der Waals surface area contributed by atoms with E-state index in [-0.39, 0.29) is 26.3 Å². The molecule has 6 nitrogen and oxygen atoms in total. The molecule has 6 rings (SSSR count). The molecule has 6 heterocycles. The molecule has 0 amide bonds. The predicted octanol–water partition coefficient (Wildman–Crippen LogP) is 3.00. The molecule has 0 unspecified atom stereocenters. The maximum atomic E-state index is 5.07. The standard InChI is InChI=1S/C26H20N6Se2/c1-17-9-7-11-19(27-17)23-29-25(21-13-3-5-15-31(21)23)33-34-26-22-14-4-6-16-32(22)24(30-26)20-12-8-10-18(2)28-20/h3-16H,1-2H3. The van der Waals surface area contributed by atoms with E-state index < -0.39 is 0 Å². The van der Waals surface area contributed by atoms with E-state index in [4.69, 9.17) is 19.9 Å². The number of rotatable bonds is 5. The Bertz CT molecular complexity index is 1530. The van der Waals surface area contributed by atoms with Gasteiger partial charge >= 0.3 is 209 Å². The van der Waals surface area contributed by atoms with Gasteiger partial charge in [0.1, 0.15) is 0 Å². The van der Waals surface area contributed by atoms with E-state index >= 15 is 0 Å². The fourth-order valence-electron chi connectivity index (χ4n) is 3.92. The number of fused-ring (bicyclic) bond motifs is 2. The van der Waals surface area contributed by atoms with Crippen molar-refractivity contribution in [3.8, 4) is 23.0 Å². The molecule has 0 saturated heterocycles. The van der Waals surface area contributed by atoms with E-state index in [1.54, 1.807) is 0 Å². The van der Waals surface area contributed by atoms with Crippen LogP contribution in [-0.4, -0.2) is 55.0 Å². The van der Waals surface area contributed by atoms with E-state index in [0.717, 1.165) is 54.6 Å². The van der Waals surface area contributed by atoms with Crippen LogP contribution >= 0.6 is 0 Å². The number of aryl methyl sites for hydroxylation is 2. The van der Waals surface area contributed by atoms with Crippen LogP contribution in [0.25, 0.3) is 34.1 Å². The van der Waals surface area contributed by atoms with Gasteiger partial charge in [-0.3, -0.25) is 0 Å². The summed E-state index contributed by atoms with van der Waals surface area (Å²) in [6, 6.07) is 24.7. The van der Waals surface area contributed by atoms with Gasteiger partial charge in [-0.15, -0.1) is 0 Å². The molecule has 34 heavy (non-hydrogen) atoms. The van der Waals surface area contributed by atoms with Crippen LogP contribution in [0.4, 0.5) is 0 Å². The van der Waals surface area contributed by atoms with Crippen molar-refractivity contribution >= 4 is 46.5 Å². The third-order valence-electron chi connectivity index (χ3n) is 5.46. The molecular weight excluding hydrogens is 554 g/mol. The third kappa shape index (κ3) is 3.85. The molecule has 6 aromatic heterocycles. The summed E-state index contributed by atoms with van der Waals surface area (Å²) >= 11 is 0.313. The average Bonchev–Trinajstić information content (AvgIpc) is 3.42. The number of hydrogen-bond acceptors (Lipinski definition) is 4. The predicted molar refractivity (Wildman–Crippen MR) is 137 cm³/mol. The number of hydrogen-bond donors (Lipinski definition) is 0. The molecule has 0 aromatic carbocycles. The minimum absolute atomic E-state index is 0.156. The van der Waals surface area contributed by atoms with Crippen molar-refractivity contribution in [3.63, 3.8) is 0 Å². The van der Waals surface area contributed by atoms with Crippen molar-refractivity contribution in [2.45, 2.75) is 13.8 Å². The number of nitrogens with zero attached hydrogens (tertiary/aromatic N) is 6. The van der Waals surface area contributed by atoms with Gasteiger partial charge < -0.3 is 0 Å². The van der Waals surface area contributed by atoms with Gasteiger partial charge in [-0.05, 0) is 0 Å². The Balaban J connectivity index is 1.39. The first-order valence-electron chi connectivity index (χ1n) is 10.8. The third-order valence-corrected chi connectivity index (χ3v) is 11.9. The molecule has 6 aromatic rings. The van der Waals surface area contributed by atoms with Gasteiger partial charge in [0.25, 0.3) is 0 Å². The van der Waals surface area contributed by atoms with Gasteiger partial charge in [0.2, 0.25) is 0 Å². The Morgan fingerprint density at radius 2 is 1.00 bits per heavy atom. The first kappa shape index (κ1) is 21.3. The first-order chi connectivity index (χ1) is 16.7. The van der Waals surface area contributed by atoms with Crippen molar-refractivity contribution < 1.29 is 0 Å². The molecule has 0 bridgehead atoms. The zero-order valence-electron chi connectivity index (χ0n) is 18.6. The number of imidazole rings is 2. The van der Waals surface area contributed by atoms with Crippen LogP contribution in [0.1, 0.15) is 11.4 Å². The van der Waals surface area contributed by atoms with Crippen LogP contribution in [0, 0.1) is 13.8 Å². The minimum atomic E-state index is 0.156. The van der Waals surface area contributed by atoms with E-state index in [1.807, 2.05) is 62.4 Å². The summed E-state index contributed by atoms with van der Waals surface area (Å²) in [7, 11) is 0. The van der Waals surface area contributed by atoms with E-state index in [9.17, 15) is 0 Å². The first-order valence-corrected chi connectivity index (χ1v) is 16.9. The Kier molecular flexibility index (Phi) is 5.52. The monoisotopic (exact) mass is 576 g/mol. The maximum absolute atomic E-state index is 5.07. The molecule has 0 N–H and O–H groups in total. The summed E-state index contributed by atoms with van der Waals surface area (Å²) in [6.07, 6.45) is 4.14.